The first kappa shape index (κ1) is 13.8. The van der Waals surface area contributed by atoms with Crippen LogP contribution < -0.4 is 5.32 Å². The van der Waals surface area contributed by atoms with E-state index in [-0.39, 0.29) is 18.4 Å². The molecule has 2 heterocycles. The van der Waals surface area contributed by atoms with Crippen LogP contribution in [0.25, 0.3) is 0 Å². The molecule has 100 valence electrons. The van der Waals surface area contributed by atoms with Crippen molar-refractivity contribution in [3.8, 4) is 0 Å². The summed E-state index contributed by atoms with van der Waals surface area (Å²) < 4.78 is 5.82. The third-order valence-corrected chi connectivity index (χ3v) is 4.31. The Morgan fingerprint density at radius 2 is 2.28 bits per heavy atom. The zero-order chi connectivity index (χ0) is 13.0. The number of ether oxygens (including phenoxy) is 1. The summed E-state index contributed by atoms with van der Waals surface area (Å²) >= 11 is 7.00. The molecule has 1 amide bonds. The molecule has 1 atom stereocenters. The van der Waals surface area contributed by atoms with Gasteiger partial charge < -0.3 is 15.2 Å². The molecule has 2 rings (SSSR count). The zero-order valence-corrected chi connectivity index (χ0v) is 11.5. The predicted molar refractivity (Wildman–Crippen MR) is 71.2 cm³/mol. The smallest absolute Gasteiger partial charge is 0.261 e. The van der Waals surface area contributed by atoms with Crippen LogP contribution in [0, 0.1) is 5.92 Å². The van der Waals surface area contributed by atoms with E-state index in [0.717, 1.165) is 12.8 Å². The monoisotopic (exact) mass is 289 g/mol. The summed E-state index contributed by atoms with van der Waals surface area (Å²) in [5.74, 6) is 0.0315. The molecule has 0 aliphatic carbocycles. The number of hydrogen-bond donors (Lipinski definition) is 2. The largest absolute Gasteiger partial charge is 0.391 e. The van der Waals surface area contributed by atoms with Gasteiger partial charge in [0.05, 0.1) is 15.3 Å². The Bertz CT molecular complexity index is 404. The van der Waals surface area contributed by atoms with Crippen LogP contribution in [-0.4, -0.2) is 36.9 Å². The van der Waals surface area contributed by atoms with Crippen molar-refractivity contribution in [2.24, 2.45) is 5.92 Å². The Morgan fingerprint density at radius 3 is 2.89 bits per heavy atom. The lowest BCUT2D eigenvalue weighted by Gasteiger charge is -2.26. The lowest BCUT2D eigenvalue weighted by Crippen LogP contribution is -2.38. The standard InChI is InChI=1S/C12H16ClNO3S/c13-11-2-1-10(18-11)12(16)14-7-9(15)8-3-5-17-6-4-8/h1-2,8-9,15H,3-7H2,(H,14,16)/t9-/m1/s1. The lowest BCUT2D eigenvalue weighted by atomic mass is 9.94. The number of thiophene rings is 1. The SMILES string of the molecule is O=C(NC[C@@H](O)C1CCOCC1)c1ccc(Cl)s1. The van der Waals surface area contributed by atoms with Gasteiger partial charge in [0.15, 0.2) is 0 Å². The third-order valence-electron chi connectivity index (χ3n) is 3.08. The molecule has 0 aromatic carbocycles. The van der Waals surface area contributed by atoms with Crippen molar-refractivity contribution in [3.63, 3.8) is 0 Å². The maximum atomic E-state index is 11.8. The second kappa shape index (κ2) is 6.52. The topological polar surface area (TPSA) is 58.6 Å². The fourth-order valence-electron chi connectivity index (χ4n) is 1.99. The highest BCUT2D eigenvalue weighted by Gasteiger charge is 2.22. The summed E-state index contributed by atoms with van der Waals surface area (Å²) in [6, 6.07) is 3.37. The van der Waals surface area contributed by atoms with Crippen LogP contribution in [0.3, 0.4) is 0 Å². The molecule has 1 saturated heterocycles. The maximum absolute atomic E-state index is 11.8. The number of hydrogen-bond acceptors (Lipinski definition) is 4. The third kappa shape index (κ3) is 3.68. The summed E-state index contributed by atoms with van der Waals surface area (Å²) in [5.41, 5.74) is 0. The summed E-state index contributed by atoms with van der Waals surface area (Å²) in [7, 11) is 0. The van der Waals surface area contributed by atoms with Crippen LogP contribution in [0.5, 0.6) is 0 Å². The molecule has 2 N–H and O–H groups in total. The van der Waals surface area contributed by atoms with E-state index in [9.17, 15) is 9.90 Å². The first-order valence-corrected chi connectivity index (χ1v) is 7.15. The van der Waals surface area contributed by atoms with E-state index >= 15 is 0 Å². The Kier molecular flexibility index (Phi) is 5.00. The predicted octanol–water partition coefficient (Wildman–Crippen LogP) is 1.92. The number of aliphatic hydroxyl groups excluding tert-OH is 1. The van der Waals surface area contributed by atoms with Crippen LogP contribution in [0.4, 0.5) is 0 Å². The number of halogens is 1. The maximum Gasteiger partial charge on any atom is 0.261 e. The Morgan fingerprint density at radius 1 is 1.56 bits per heavy atom. The second-order valence-electron chi connectivity index (χ2n) is 4.33. The average molecular weight is 290 g/mol. The summed E-state index contributed by atoms with van der Waals surface area (Å²) in [6.07, 6.45) is 1.19. The highest BCUT2D eigenvalue weighted by molar-refractivity contribution is 7.17. The molecular formula is C12H16ClNO3S. The van der Waals surface area contributed by atoms with Gasteiger partial charge in [0, 0.05) is 19.8 Å². The molecule has 6 heteroatoms. The molecule has 0 bridgehead atoms. The average Bonchev–Trinajstić information content (AvgIpc) is 2.83. The van der Waals surface area contributed by atoms with Gasteiger partial charge in [-0.3, -0.25) is 4.79 Å². The highest BCUT2D eigenvalue weighted by Crippen LogP contribution is 2.21. The normalized spacial score (nSPS) is 18.6. The fourth-order valence-corrected chi connectivity index (χ4v) is 2.95. The minimum atomic E-state index is -0.506. The molecular weight excluding hydrogens is 274 g/mol. The van der Waals surface area contributed by atoms with Gasteiger partial charge in [-0.15, -0.1) is 11.3 Å². The van der Waals surface area contributed by atoms with E-state index in [1.807, 2.05) is 0 Å². The van der Waals surface area contributed by atoms with Crippen LogP contribution in [0.2, 0.25) is 4.34 Å². The Balaban J connectivity index is 1.78. The molecule has 0 saturated carbocycles. The Labute approximate surface area is 115 Å². The van der Waals surface area contributed by atoms with Crippen LogP contribution in [0.1, 0.15) is 22.5 Å². The highest BCUT2D eigenvalue weighted by atomic mass is 35.5. The summed E-state index contributed by atoms with van der Waals surface area (Å²) in [4.78, 5) is 12.3. The molecule has 0 spiro atoms. The van der Waals surface area contributed by atoms with Crippen molar-refractivity contribution in [1.29, 1.82) is 0 Å². The van der Waals surface area contributed by atoms with Crippen molar-refractivity contribution >= 4 is 28.8 Å². The van der Waals surface area contributed by atoms with Gasteiger partial charge in [-0.2, -0.15) is 0 Å². The van der Waals surface area contributed by atoms with E-state index in [1.54, 1.807) is 12.1 Å². The summed E-state index contributed by atoms with van der Waals surface area (Å²) in [5, 5.41) is 12.7. The van der Waals surface area contributed by atoms with Crippen molar-refractivity contribution in [1.82, 2.24) is 5.32 Å². The van der Waals surface area contributed by atoms with Gasteiger partial charge in [-0.05, 0) is 30.9 Å². The van der Waals surface area contributed by atoms with Crippen molar-refractivity contribution in [2.45, 2.75) is 18.9 Å². The minimum absolute atomic E-state index is 0.182. The number of aliphatic hydroxyl groups is 1. The quantitative estimate of drug-likeness (QED) is 0.890. The van der Waals surface area contributed by atoms with Gasteiger partial charge in [-0.1, -0.05) is 11.6 Å². The van der Waals surface area contributed by atoms with E-state index in [4.69, 9.17) is 16.3 Å². The molecule has 0 radical (unpaired) electrons. The van der Waals surface area contributed by atoms with Crippen molar-refractivity contribution in [2.75, 3.05) is 19.8 Å². The number of carbonyl (C=O) groups is 1. The molecule has 1 aromatic heterocycles. The van der Waals surface area contributed by atoms with Gasteiger partial charge in [0.25, 0.3) is 5.91 Å². The molecule has 18 heavy (non-hydrogen) atoms. The number of rotatable bonds is 4. The fraction of sp³-hybridized carbons (Fsp3) is 0.583. The van der Waals surface area contributed by atoms with E-state index in [2.05, 4.69) is 5.32 Å². The van der Waals surface area contributed by atoms with Gasteiger partial charge >= 0.3 is 0 Å². The summed E-state index contributed by atoms with van der Waals surface area (Å²) in [6.45, 7) is 1.66. The Hall–Kier alpha value is -0.620. The zero-order valence-electron chi connectivity index (χ0n) is 9.89. The lowest BCUT2D eigenvalue weighted by molar-refractivity contribution is 0.00874. The number of nitrogens with one attached hydrogen (secondary N) is 1. The molecule has 1 aromatic rings. The molecule has 4 nitrogen and oxygen atoms in total. The van der Waals surface area contributed by atoms with E-state index < -0.39 is 6.10 Å². The van der Waals surface area contributed by atoms with Crippen LogP contribution >= 0.6 is 22.9 Å². The van der Waals surface area contributed by atoms with Crippen LogP contribution in [-0.2, 0) is 4.74 Å². The van der Waals surface area contributed by atoms with Gasteiger partial charge in [0.1, 0.15) is 0 Å². The molecule has 1 aliphatic heterocycles. The van der Waals surface area contributed by atoms with Crippen molar-refractivity contribution in [3.05, 3.63) is 21.3 Å². The number of amides is 1. The molecule has 0 unspecified atom stereocenters. The number of carbonyl (C=O) groups excluding carboxylic acids is 1. The van der Waals surface area contributed by atoms with Gasteiger partial charge in [0.2, 0.25) is 0 Å². The molecule has 1 fully saturated rings. The van der Waals surface area contributed by atoms with Crippen molar-refractivity contribution < 1.29 is 14.6 Å². The van der Waals surface area contributed by atoms with E-state index in [1.165, 1.54) is 11.3 Å². The van der Waals surface area contributed by atoms with Gasteiger partial charge in [-0.25, -0.2) is 0 Å². The van der Waals surface area contributed by atoms with E-state index in [0.29, 0.717) is 22.4 Å². The molecule has 1 aliphatic rings. The minimum Gasteiger partial charge on any atom is -0.391 e. The second-order valence-corrected chi connectivity index (χ2v) is 6.05. The first-order valence-electron chi connectivity index (χ1n) is 5.96. The first-order chi connectivity index (χ1) is 8.66. The van der Waals surface area contributed by atoms with Crippen LogP contribution in [0.15, 0.2) is 12.1 Å².